The van der Waals surface area contributed by atoms with E-state index >= 15 is 0 Å². The van der Waals surface area contributed by atoms with Crippen LogP contribution in [0, 0.1) is 0 Å². The van der Waals surface area contributed by atoms with Crippen LogP contribution < -0.4 is 5.32 Å². The van der Waals surface area contributed by atoms with Crippen LogP contribution in [-0.4, -0.2) is 13.1 Å². The number of benzene rings is 1. The molecule has 0 aliphatic heterocycles. The van der Waals surface area contributed by atoms with Gasteiger partial charge in [0.25, 0.3) is 0 Å². The van der Waals surface area contributed by atoms with Gasteiger partial charge < -0.3 is 5.32 Å². The molecule has 0 bridgehead atoms. The summed E-state index contributed by atoms with van der Waals surface area (Å²) in [6, 6.07) is 10.6. The number of hydrogen-bond acceptors (Lipinski definition) is 1. The zero-order valence-corrected chi connectivity index (χ0v) is 13.1. The number of nitrogens with one attached hydrogen (secondary N) is 1. The fraction of sp³-hybridized carbons (Fsp3) is 0.529. The maximum absolute atomic E-state index is 3.42. The van der Waals surface area contributed by atoms with Crippen LogP contribution in [0.4, 0.5) is 0 Å². The molecule has 1 nitrogen and oxygen atoms in total. The third kappa shape index (κ3) is 11.4. The summed E-state index contributed by atoms with van der Waals surface area (Å²) in [6.45, 7) is 14.3. The first kappa shape index (κ1) is 19.3. The molecule has 0 aliphatic carbocycles. The number of allylic oxidation sites excluding steroid dienone is 1. The van der Waals surface area contributed by atoms with E-state index in [4.69, 9.17) is 0 Å². The molecule has 0 radical (unpaired) electrons. The third-order valence-electron chi connectivity index (χ3n) is 2.33. The van der Waals surface area contributed by atoms with Crippen LogP contribution >= 0.6 is 0 Å². The molecule has 0 fully saturated rings. The summed E-state index contributed by atoms with van der Waals surface area (Å²) in [7, 11) is 0. The van der Waals surface area contributed by atoms with Crippen molar-refractivity contribution in [1.29, 1.82) is 0 Å². The van der Waals surface area contributed by atoms with Crippen molar-refractivity contribution in [1.82, 2.24) is 5.32 Å². The highest BCUT2D eigenvalue weighted by Crippen LogP contribution is 1.98. The molecule has 0 spiro atoms. The Morgan fingerprint density at radius 1 is 1.06 bits per heavy atom. The van der Waals surface area contributed by atoms with Crippen molar-refractivity contribution < 1.29 is 0 Å². The molecule has 1 N–H and O–H groups in total. The molecule has 1 aromatic carbocycles. The minimum atomic E-state index is 1.00. The lowest BCUT2D eigenvalue weighted by Gasteiger charge is -2.04. The Balaban J connectivity index is 0. The van der Waals surface area contributed by atoms with Gasteiger partial charge in [0.2, 0.25) is 0 Å². The average molecular weight is 249 g/mol. The minimum absolute atomic E-state index is 1.00. The Morgan fingerprint density at radius 2 is 1.61 bits per heavy atom. The van der Waals surface area contributed by atoms with Gasteiger partial charge in [-0.3, -0.25) is 0 Å². The Morgan fingerprint density at radius 3 is 2.11 bits per heavy atom. The van der Waals surface area contributed by atoms with Crippen molar-refractivity contribution in [2.75, 3.05) is 13.1 Å². The highest BCUT2D eigenvalue weighted by atomic mass is 14.8. The largest absolute Gasteiger partial charge is 0.313 e. The molecule has 0 saturated heterocycles. The molecule has 0 aromatic heterocycles. The van der Waals surface area contributed by atoms with Crippen LogP contribution in [0.1, 0.15) is 47.1 Å². The van der Waals surface area contributed by atoms with Gasteiger partial charge in [0.15, 0.2) is 0 Å². The van der Waals surface area contributed by atoms with E-state index in [2.05, 4.69) is 55.6 Å². The maximum Gasteiger partial charge on any atom is 0.0161 e. The molecule has 1 rings (SSSR count). The van der Waals surface area contributed by atoms with Gasteiger partial charge in [-0.25, -0.2) is 0 Å². The molecule has 1 aromatic rings. The van der Waals surface area contributed by atoms with E-state index in [0.29, 0.717) is 0 Å². The Hall–Kier alpha value is -1.08. The molecular weight excluding hydrogens is 218 g/mol. The predicted octanol–water partition coefficient (Wildman–Crippen LogP) is 4.84. The van der Waals surface area contributed by atoms with E-state index in [0.717, 1.165) is 19.5 Å². The van der Waals surface area contributed by atoms with E-state index in [-0.39, 0.29) is 0 Å². The number of hydrogen-bond donors (Lipinski definition) is 1. The van der Waals surface area contributed by atoms with E-state index in [1.807, 2.05) is 27.7 Å². The van der Waals surface area contributed by atoms with E-state index in [1.54, 1.807) is 0 Å². The molecule has 0 aliphatic rings. The standard InChI is InChI=1S/C13H19N.2C2H6/c1-3-12(2)11-14-10-9-13-7-5-4-6-8-13;2*1-2/h3-8,14H,9-11H2,1-2H3;2*1-2H3/b12-3+;;. The van der Waals surface area contributed by atoms with Crippen molar-refractivity contribution in [3.05, 3.63) is 47.5 Å². The molecule has 1 heteroatoms. The van der Waals surface area contributed by atoms with Gasteiger partial charge in [-0.05, 0) is 32.4 Å². The Kier molecular flexibility index (Phi) is 17.0. The van der Waals surface area contributed by atoms with Crippen LogP contribution in [-0.2, 0) is 6.42 Å². The fourth-order valence-electron chi connectivity index (χ4n) is 1.27. The van der Waals surface area contributed by atoms with Crippen molar-refractivity contribution in [3.8, 4) is 0 Å². The van der Waals surface area contributed by atoms with Gasteiger partial charge in [-0.2, -0.15) is 0 Å². The smallest absolute Gasteiger partial charge is 0.0161 e. The molecule has 18 heavy (non-hydrogen) atoms. The first-order valence-electron chi connectivity index (χ1n) is 7.19. The molecule has 0 atom stereocenters. The summed E-state index contributed by atoms with van der Waals surface area (Å²) < 4.78 is 0. The van der Waals surface area contributed by atoms with E-state index in [9.17, 15) is 0 Å². The normalized spacial score (nSPS) is 9.78. The summed E-state index contributed by atoms with van der Waals surface area (Å²) in [5, 5.41) is 3.42. The van der Waals surface area contributed by atoms with Gasteiger partial charge in [-0.1, -0.05) is 69.7 Å². The van der Waals surface area contributed by atoms with Gasteiger partial charge in [0.1, 0.15) is 0 Å². The van der Waals surface area contributed by atoms with Gasteiger partial charge in [0, 0.05) is 6.54 Å². The lowest BCUT2D eigenvalue weighted by atomic mass is 10.1. The quantitative estimate of drug-likeness (QED) is 0.582. The summed E-state index contributed by atoms with van der Waals surface area (Å²) in [6.07, 6.45) is 3.26. The molecule has 0 saturated carbocycles. The summed E-state index contributed by atoms with van der Waals surface area (Å²) >= 11 is 0. The zero-order chi connectivity index (χ0) is 14.2. The monoisotopic (exact) mass is 249 g/mol. The SMILES string of the molecule is C/C=C(\C)CNCCc1ccccc1.CC.CC. The van der Waals surface area contributed by atoms with Crippen LogP contribution in [0.25, 0.3) is 0 Å². The zero-order valence-electron chi connectivity index (χ0n) is 13.1. The topological polar surface area (TPSA) is 12.0 Å². The molecule has 0 heterocycles. The van der Waals surface area contributed by atoms with Gasteiger partial charge >= 0.3 is 0 Å². The second-order valence-electron chi connectivity index (χ2n) is 3.55. The van der Waals surface area contributed by atoms with Crippen LogP contribution in [0.3, 0.4) is 0 Å². The summed E-state index contributed by atoms with van der Waals surface area (Å²) in [5.41, 5.74) is 2.80. The van der Waals surface area contributed by atoms with Crippen molar-refractivity contribution in [2.45, 2.75) is 48.0 Å². The maximum atomic E-state index is 3.42. The highest BCUT2D eigenvalue weighted by Gasteiger charge is 1.91. The first-order valence-corrected chi connectivity index (χ1v) is 7.19. The van der Waals surface area contributed by atoms with Gasteiger partial charge in [-0.15, -0.1) is 0 Å². The minimum Gasteiger partial charge on any atom is -0.313 e. The molecule has 0 unspecified atom stereocenters. The van der Waals surface area contributed by atoms with Gasteiger partial charge in [0.05, 0.1) is 0 Å². The van der Waals surface area contributed by atoms with E-state index < -0.39 is 0 Å². The van der Waals surface area contributed by atoms with E-state index in [1.165, 1.54) is 11.1 Å². The van der Waals surface area contributed by atoms with Crippen molar-refractivity contribution in [2.24, 2.45) is 0 Å². The lowest BCUT2D eigenvalue weighted by Crippen LogP contribution is -2.19. The lowest BCUT2D eigenvalue weighted by molar-refractivity contribution is 0.727. The molecular formula is C17H31N. The molecule has 104 valence electrons. The summed E-state index contributed by atoms with van der Waals surface area (Å²) in [5.74, 6) is 0. The average Bonchev–Trinajstić information content (AvgIpc) is 2.48. The van der Waals surface area contributed by atoms with Crippen LogP contribution in [0.15, 0.2) is 42.0 Å². The first-order chi connectivity index (χ1) is 8.83. The second kappa shape index (κ2) is 15.9. The predicted molar refractivity (Wildman–Crippen MR) is 85.1 cm³/mol. The van der Waals surface area contributed by atoms with Crippen LogP contribution in [0.5, 0.6) is 0 Å². The second-order valence-corrected chi connectivity index (χ2v) is 3.55. The van der Waals surface area contributed by atoms with Crippen molar-refractivity contribution in [3.63, 3.8) is 0 Å². The van der Waals surface area contributed by atoms with Crippen molar-refractivity contribution >= 4 is 0 Å². The third-order valence-corrected chi connectivity index (χ3v) is 2.33. The fourth-order valence-corrected chi connectivity index (χ4v) is 1.27. The van der Waals surface area contributed by atoms with Crippen LogP contribution in [0.2, 0.25) is 0 Å². The Bertz CT molecular complexity index is 275. The summed E-state index contributed by atoms with van der Waals surface area (Å²) in [4.78, 5) is 0. The Labute approximate surface area is 114 Å². The highest BCUT2D eigenvalue weighted by molar-refractivity contribution is 5.14. The molecule has 0 amide bonds. The number of rotatable bonds is 5.